The van der Waals surface area contributed by atoms with Gasteiger partial charge in [0.05, 0.1) is 16.7 Å². The number of para-hydroxylation sites is 2. The number of fused-ring (bicyclic) bond motifs is 12. The molecule has 0 amide bonds. The molecule has 0 saturated carbocycles. The van der Waals surface area contributed by atoms with Gasteiger partial charge in [-0.2, -0.15) is 0 Å². The van der Waals surface area contributed by atoms with E-state index in [9.17, 15) is 0 Å². The Bertz CT molecular complexity index is 3590. The first-order chi connectivity index (χ1) is 32.1. The minimum atomic E-state index is -0.234. The molecule has 0 saturated heterocycles. The van der Waals surface area contributed by atoms with Gasteiger partial charge in [0.25, 0.3) is 0 Å². The van der Waals surface area contributed by atoms with Crippen LogP contribution in [0.4, 0.5) is 28.4 Å². The van der Waals surface area contributed by atoms with E-state index in [1.54, 1.807) is 0 Å². The van der Waals surface area contributed by atoms with E-state index in [0.29, 0.717) is 0 Å². The van der Waals surface area contributed by atoms with Crippen molar-refractivity contribution in [2.45, 2.75) is 39.5 Å². The van der Waals surface area contributed by atoms with Crippen molar-refractivity contribution in [2.24, 2.45) is 0 Å². The van der Waals surface area contributed by atoms with Crippen LogP contribution in [0.25, 0.3) is 71.5 Å². The minimum absolute atomic E-state index is 0.234. The first-order valence-electron chi connectivity index (χ1n) is 23.2. The fourth-order valence-electron chi connectivity index (χ4n) is 11.1. The molecule has 65 heavy (non-hydrogen) atoms. The van der Waals surface area contributed by atoms with Gasteiger partial charge in [-0.15, -0.1) is 0 Å². The molecule has 0 N–H and O–H groups in total. The highest BCUT2D eigenvalue weighted by atomic mass is 16.3. The highest BCUT2D eigenvalue weighted by Gasteiger charge is 2.47. The third-order valence-corrected chi connectivity index (χ3v) is 14.1. The summed E-state index contributed by atoms with van der Waals surface area (Å²) >= 11 is 0. The molecular weight excluding hydrogens is 789 g/mol. The molecule has 5 heteroatoms. The summed E-state index contributed by atoms with van der Waals surface area (Å²) in [5.74, 6) is 0. The molecule has 0 aliphatic carbocycles. The van der Waals surface area contributed by atoms with Gasteiger partial charge in [0.15, 0.2) is 0 Å². The summed E-state index contributed by atoms with van der Waals surface area (Å²) < 4.78 is 9.98. The van der Waals surface area contributed by atoms with Gasteiger partial charge < -0.3 is 18.7 Å². The highest BCUT2D eigenvalue weighted by molar-refractivity contribution is 6.93. The Morgan fingerprint density at radius 3 is 2.03 bits per heavy atom. The van der Waals surface area contributed by atoms with E-state index in [0.717, 1.165) is 57.2 Å². The second kappa shape index (κ2) is 14.9. The molecule has 2 aliphatic rings. The largest absolute Gasteiger partial charge is 0.466 e. The fourth-order valence-corrected chi connectivity index (χ4v) is 11.1. The number of furan rings is 1. The number of nitrogens with zero attached hydrogens (tertiary/aromatic N) is 3. The summed E-state index contributed by atoms with van der Waals surface area (Å²) in [5.41, 5.74) is 19.9. The van der Waals surface area contributed by atoms with Crippen LogP contribution in [0, 0.1) is 6.92 Å². The maximum atomic E-state index is 7.39. The summed E-state index contributed by atoms with van der Waals surface area (Å²) in [6.07, 6.45) is 4.74. The molecule has 0 atom stereocenters. The molecule has 2 aliphatic heterocycles. The van der Waals surface area contributed by atoms with Crippen molar-refractivity contribution >= 4 is 90.0 Å². The van der Waals surface area contributed by atoms with Gasteiger partial charge in [-0.05, 0) is 125 Å². The summed E-state index contributed by atoms with van der Waals surface area (Å²) in [4.78, 5) is 4.96. The Kier molecular flexibility index (Phi) is 8.67. The highest BCUT2D eigenvalue weighted by Crippen LogP contribution is 2.50. The lowest BCUT2D eigenvalue weighted by atomic mass is 9.46. The van der Waals surface area contributed by atoms with Crippen molar-refractivity contribution in [1.82, 2.24) is 4.57 Å². The average Bonchev–Trinajstić information content (AvgIpc) is 3.92. The van der Waals surface area contributed by atoms with Crippen LogP contribution in [0.3, 0.4) is 0 Å². The molecule has 0 unspecified atom stereocenters. The van der Waals surface area contributed by atoms with Crippen LogP contribution in [0.15, 0.2) is 199 Å². The van der Waals surface area contributed by atoms with Gasteiger partial charge in [0.2, 0.25) is 0 Å². The van der Waals surface area contributed by atoms with E-state index in [2.05, 4.69) is 222 Å². The summed E-state index contributed by atoms with van der Waals surface area (Å²) in [6, 6.07) is 71.5. The average molecular weight is 836 g/mol. The van der Waals surface area contributed by atoms with Crippen molar-refractivity contribution < 1.29 is 4.42 Å². The summed E-state index contributed by atoms with van der Waals surface area (Å²) in [7, 11) is 0. The Labute approximate surface area is 379 Å². The monoisotopic (exact) mass is 835 g/mol. The van der Waals surface area contributed by atoms with Gasteiger partial charge in [-0.3, -0.25) is 0 Å². The number of aryl methyl sites for hydroxylation is 2. The Hall–Kier alpha value is -7.76. The molecular formula is C60H46BN3O. The third-order valence-electron chi connectivity index (χ3n) is 14.1. The number of hydrogen-bond donors (Lipinski definition) is 0. The maximum absolute atomic E-state index is 7.39. The zero-order valence-electron chi connectivity index (χ0n) is 36.6. The normalized spacial score (nSPS) is 12.6. The topological polar surface area (TPSA) is 24.6 Å². The Morgan fingerprint density at radius 1 is 0.554 bits per heavy atom. The SMILES string of the molecule is CCCCCc1ccc(N2B3c4oc5ccc(-c6ccccc6)cc5c4-n4c5c3c(cc(C)c5c3ccc5ccccc5c34)-c3cc(N(c4ccccc4)c4ccccc4)ccc32)cc1. The quantitative estimate of drug-likeness (QED) is 0.107. The van der Waals surface area contributed by atoms with Crippen LogP contribution < -0.4 is 20.8 Å². The van der Waals surface area contributed by atoms with E-state index in [1.807, 2.05) is 0 Å². The van der Waals surface area contributed by atoms with E-state index < -0.39 is 0 Å². The lowest BCUT2D eigenvalue weighted by Crippen LogP contribution is -2.60. The van der Waals surface area contributed by atoms with Crippen LogP contribution in [-0.4, -0.2) is 11.4 Å². The second-order valence-electron chi connectivity index (χ2n) is 17.9. The number of aromatic nitrogens is 1. The third kappa shape index (κ3) is 5.78. The van der Waals surface area contributed by atoms with Gasteiger partial charge in [-0.25, -0.2) is 0 Å². The molecule has 9 aromatic carbocycles. The van der Waals surface area contributed by atoms with E-state index in [4.69, 9.17) is 4.42 Å². The standard InChI is InChI=1S/C60H46BN3O/c1-3-4-8-17-40-26-30-46(31-27-40)64-53-34-32-47(62(44-21-11-6-12-22-44)45-23-13-7-14-24-45)38-50(53)51-36-39(2)55-49-33-28-42-20-15-16-25-48(42)57(49)63-58-52-37-43(41-18-9-5-10-19-41)29-35-54(52)65-60(58)61(64)56(51)59(55)63/h5-7,9-16,18-38H,3-4,8,17H2,1-2H3. The van der Waals surface area contributed by atoms with Gasteiger partial charge >= 0.3 is 6.85 Å². The molecule has 4 nitrogen and oxygen atoms in total. The molecule has 0 radical (unpaired) electrons. The molecule has 4 heterocycles. The zero-order chi connectivity index (χ0) is 43.2. The molecule has 2 aromatic heterocycles. The maximum Gasteiger partial charge on any atom is 0.375 e. The van der Waals surface area contributed by atoms with Crippen LogP contribution >= 0.6 is 0 Å². The predicted molar refractivity (Wildman–Crippen MR) is 275 cm³/mol. The Balaban J connectivity index is 1.15. The first kappa shape index (κ1) is 37.8. The van der Waals surface area contributed by atoms with Crippen molar-refractivity contribution in [3.8, 4) is 27.9 Å². The first-order valence-corrected chi connectivity index (χ1v) is 23.2. The molecule has 13 rings (SSSR count). The summed E-state index contributed by atoms with van der Waals surface area (Å²) in [5, 5.41) is 6.15. The number of hydrogen-bond acceptors (Lipinski definition) is 3. The Morgan fingerprint density at radius 2 is 1.28 bits per heavy atom. The number of anilines is 5. The predicted octanol–water partition coefficient (Wildman–Crippen LogP) is 15.1. The van der Waals surface area contributed by atoms with Crippen molar-refractivity contribution in [3.05, 3.63) is 205 Å². The lowest BCUT2D eigenvalue weighted by molar-refractivity contribution is 0.648. The van der Waals surface area contributed by atoms with Gasteiger partial charge in [-0.1, -0.05) is 147 Å². The molecule has 0 fully saturated rings. The van der Waals surface area contributed by atoms with Crippen LogP contribution in [-0.2, 0) is 6.42 Å². The van der Waals surface area contributed by atoms with Gasteiger partial charge in [0.1, 0.15) is 11.2 Å². The number of benzene rings is 9. The van der Waals surface area contributed by atoms with Crippen molar-refractivity contribution in [1.29, 1.82) is 0 Å². The molecule has 0 bridgehead atoms. The zero-order valence-corrected chi connectivity index (χ0v) is 36.6. The second-order valence-corrected chi connectivity index (χ2v) is 17.9. The van der Waals surface area contributed by atoms with E-state index in [-0.39, 0.29) is 6.85 Å². The van der Waals surface area contributed by atoms with E-state index in [1.165, 1.54) is 90.7 Å². The van der Waals surface area contributed by atoms with Crippen molar-refractivity contribution in [2.75, 3.05) is 9.71 Å². The van der Waals surface area contributed by atoms with Crippen molar-refractivity contribution in [3.63, 3.8) is 0 Å². The summed E-state index contributed by atoms with van der Waals surface area (Å²) in [6.45, 7) is 4.36. The van der Waals surface area contributed by atoms with Gasteiger partial charge in [0, 0.05) is 55.5 Å². The van der Waals surface area contributed by atoms with E-state index >= 15 is 0 Å². The molecule has 310 valence electrons. The lowest BCUT2D eigenvalue weighted by Gasteiger charge is -2.41. The smallest absolute Gasteiger partial charge is 0.375 e. The molecule has 11 aromatic rings. The van der Waals surface area contributed by atoms with Crippen LogP contribution in [0.2, 0.25) is 0 Å². The fraction of sp³-hybridized carbons (Fsp3) is 0.100. The van der Waals surface area contributed by atoms with Crippen LogP contribution in [0.5, 0.6) is 0 Å². The number of rotatable bonds is 9. The minimum Gasteiger partial charge on any atom is -0.466 e. The molecule has 0 spiro atoms. The van der Waals surface area contributed by atoms with Crippen LogP contribution in [0.1, 0.15) is 37.3 Å². The number of unbranched alkanes of at least 4 members (excludes halogenated alkanes) is 2.